The lowest BCUT2D eigenvalue weighted by Crippen LogP contribution is -2.07. The molecule has 16 heavy (non-hydrogen) atoms. The van der Waals surface area contributed by atoms with Crippen LogP contribution in [-0.4, -0.2) is 11.0 Å². The van der Waals surface area contributed by atoms with Gasteiger partial charge in [0.2, 0.25) is 0 Å². The minimum atomic E-state index is -0.506. The van der Waals surface area contributed by atoms with E-state index >= 15 is 0 Å². The molecule has 2 unspecified atom stereocenters. The van der Waals surface area contributed by atoms with Crippen molar-refractivity contribution in [2.24, 2.45) is 5.92 Å². The van der Waals surface area contributed by atoms with Crippen LogP contribution in [0.1, 0.15) is 18.9 Å². The summed E-state index contributed by atoms with van der Waals surface area (Å²) in [5.74, 6) is 0.547. The monoisotopic (exact) mass is 217 g/mol. The van der Waals surface area contributed by atoms with Crippen molar-refractivity contribution in [1.29, 1.82) is 5.26 Å². The summed E-state index contributed by atoms with van der Waals surface area (Å²) in [6.45, 7) is 2.08. The van der Waals surface area contributed by atoms with Gasteiger partial charge >= 0.3 is 5.69 Å². The van der Waals surface area contributed by atoms with Crippen molar-refractivity contribution in [3.8, 4) is 6.07 Å². The lowest BCUT2D eigenvalue weighted by atomic mass is 10.1. The zero-order valence-electron chi connectivity index (χ0n) is 8.80. The molecule has 1 aliphatic rings. The minimum absolute atomic E-state index is 0.100. The first-order chi connectivity index (χ1) is 7.63. The zero-order chi connectivity index (χ0) is 11.7. The van der Waals surface area contributed by atoms with Gasteiger partial charge in [0.15, 0.2) is 0 Å². The molecule has 0 saturated heterocycles. The Balaban J connectivity index is 2.36. The highest BCUT2D eigenvalue weighted by Gasteiger charge is 2.34. The van der Waals surface area contributed by atoms with Crippen LogP contribution >= 0.6 is 0 Å². The molecule has 0 spiro atoms. The maximum Gasteiger partial charge on any atom is 0.309 e. The Bertz CT molecular complexity index is 479. The van der Waals surface area contributed by atoms with Gasteiger partial charge in [-0.1, -0.05) is 13.0 Å². The van der Waals surface area contributed by atoms with E-state index in [-0.39, 0.29) is 11.3 Å². The molecule has 1 fully saturated rings. The van der Waals surface area contributed by atoms with Gasteiger partial charge in [0.05, 0.1) is 4.92 Å². The first kappa shape index (κ1) is 10.4. The summed E-state index contributed by atoms with van der Waals surface area (Å²) < 4.78 is 0. The first-order valence-corrected chi connectivity index (χ1v) is 5.07. The fourth-order valence-electron chi connectivity index (χ4n) is 1.67. The molecule has 0 radical (unpaired) electrons. The van der Waals surface area contributed by atoms with Crippen LogP contribution < -0.4 is 5.32 Å². The van der Waals surface area contributed by atoms with Crippen molar-refractivity contribution >= 4 is 11.4 Å². The molecule has 1 saturated carbocycles. The quantitative estimate of drug-likeness (QED) is 0.622. The molecule has 5 heteroatoms. The lowest BCUT2D eigenvalue weighted by Gasteiger charge is -2.06. The van der Waals surface area contributed by atoms with Crippen LogP contribution in [0, 0.1) is 27.4 Å². The molecule has 0 aliphatic heterocycles. The maximum absolute atomic E-state index is 10.9. The number of para-hydroxylation sites is 1. The standard InChI is InChI=1S/C11H11N3O2/c1-7-5-10(7)13-9-4-2-3-8(6-12)11(9)14(15)16/h2-4,7,10,13H,5H2,1H3. The Kier molecular flexibility index (Phi) is 2.49. The van der Waals surface area contributed by atoms with Gasteiger partial charge in [-0.3, -0.25) is 10.1 Å². The summed E-state index contributed by atoms with van der Waals surface area (Å²) >= 11 is 0. The highest BCUT2D eigenvalue weighted by atomic mass is 16.6. The SMILES string of the molecule is CC1CC1Nc1cccc(C#N)c1[N+](=O)[O-]. The molecule has 0 amide bonds. The van der Waals surface area contributed by atoms with Gasteiger partial charge in [0, 0.05) is 6.04 Å². The van der Waals surface area contributed by atoms with E-state index in [1.807, 2.05) is 6.07 Å². The van der Waals surface area contributed by atoms with Gasteiger partial charge in [0.1, 0.15) is 17.3 Å². The van der Waals surface area contributed by atoms with Crippen molar-refractivity contribution in [2.45, 2.75) is 19.4 Å². The van der Waals surface area contributed by atoms with E-state index in [4.69, 9.17) is 5.26 Å². The fourth-order valence-corrected chi connectivity index (χ4v) is 1.67. The van der Waals surface area contributed by atoms with Gasteiger partial charge in [-0.25, -0.2) is 0 Å². The first-order valence-electron chi connectivity index (χ1n) is 5.07. The van der Waals surface area contributed by atoms with Crippen LogP contribution in [0.3, 0.4) is 0 Å². The molecule has 2 atom stereocenters. The Hall–Kier alpha value is -2.09. The van der Waals surface area contributed by atoms with Crippen molar-refractivity contribution < 1.29 is 4.92 Å². The Morgan fingerprint density at radius 3 is 2.81 bits per heavy atom. The molecule has 2 rings (SSSR count). The predicted molar refractivity (Wildman–Crippen MR) is 59.0 cm³/mol. The second kappa shape index (κ2) is 3.81. The maximum atomic E-state index is 10.9. The third kappa shape index (κ3) is 1.82. The van der Waals surface area contributed by atoms with E-state index in [9.17, 15) is 10.1 Å². The smallest absolute Gasteiger partial charge is 0.309 e. The second-order valence-electron chi connectivity index (χ2n) is 4.03. The summed E-state index contributed by atoms with van der Waals surface area (Å²) in [7, 11) is 0. The summed E-state index contributed by atoms with van der Waals surface area (Å²) in [6, 6.07) is 6.89. The summed E-state index contributed by atoms with van der Waals surface area (Å²) in [5.41, 5.74) is 0.422. The number of benzene rings is 1. The average molecular weight is 217 g/mol. The number of nitrogens with one attached hydrogen (secondary N) is 1. The number of hydrogen-bond acceptors (Lipinski definition) is 4. The number of nitriles is 1. The molecule has 1 aromatic rings. The molecule has 1 aromatic carbocycles. The molecule has 82 valence electrons. The van der Waals surface area contributed by atoms with Gasteiger partial charge in [-0.15, -0.1) is 0 Å². The topological polar surface area (TPSA) is 79.0 Å². The molecular formula is C11H11N3O2. The summed E-state index contributed by atoms with van der Waals surface area (Å²) in [6.07, 6.45) is 1.02. The number of nitro benzene ring substituents is 1. The van der Waals surface area contributed by atoms with Crippen LogP contribution in [0.5, 0.6) is 0 Å². The molecular weight excluding hydrogens is 206 g/mol. The Labute approximate surface area is 92.8 Å². The molecule has 5 nitrogen and oxygen atoms in total. The molecule has 1 aliphatic carbocycles. The van der Waals surface area contributed by atoms with Crippen molar-refractivity contribution in [3.05, 3.63) is 33.9 Å². The Morgan fingerprint density at radius 2 is 2.31 bits per heavy atom. The van der Waals surface area contributed by atoms with Crippen LogP contribution in [-0.2, 0) is 0 Å². The normalized spacial score (nSPS) is 22.2. The molecule has 0 aromatic heterocycles. The fraction of sp³-hybridized carbons (Fsp3) is 0.364. The van der Waals surface area contributed by atoms with E-state index in [1.54, 1.807) is 12.1 Å². The number of nitrogens with zero attached hydrogens (tertiary/aromatic N) is 2. The molecule has 0 heterocycles. The van der Waals surface area contributed by atoms with Crippen molar-refractivity contribution in [3.63, 3.8) is 0 Å². The third-order valence-corrected chi connectivity index (χ3v) is 2.79. The lowest BCUT2D eigenvalue weighted by molar-refractivity contribution is -0.384. The van der Waals surface area contributed by atoms with Crippen LogP contribution in [0.4, 0.5) is 11.4 Å². The summed E-state index contributed by atoms with van der Waals surface area (Å²) in [4.78, 5) is 10.4. The third-order valence-electron chi connectivity index (χ3n) is 2.79. The van der Waals surface area contributed by atoms with E-state index < -0.39 is 4.92 Å². The highest BCUT2D eigenvalue weighted by molar-refractivity contribution is 5.69. The zero-order valence-corrected chi connectivity index (χ0v) is 8.80. The van der Waals surface area contributed by atoms with Gasteiger partial charge in [-0.05, 0) is 24.5 Å². The number of anilines is 1. The average Bonchev–Trinajstić information content (AvgIpc) is 2.93. The number of rotatable bonds is 3. The van der Waals surface area contributed by atoms with Gasteiger partial charge < -0.3 is 5.32 Å². The van der Waals surface area contributed by atoms with Crippen LogP contribution in [0.15, 0.2) is 18.2 Å². The van der Waals surface area contributed by atoms with E-state index in [1.165, 1.54) is 6.07 Å². The van der Waals surface area contributed by atoms with E-state index in [0.717, 1.165) is 6.42 Å². The predicted octanol–water partition coefficient (Wildman–Crippen LogP) is 2.29. The van der Waals surface area contributed by atoms with E-state index in [0.29, 0.717) is 17.6 Å². The van der Waals surface area contributed by atoms with Crippen molar-refractivity contribution in [2.75, 3.05) is 5.32 Å². The van der Waals surface area contributed by atoms with Crippen LogP contribution in [0.25, 0.3) is 0 Å². The highest BCUT2D eigenvalue weighted by Crippen LogP contribution is 2.36. The van der Waals surface area contributed by atoms with E-state index in [2.05, 4.69) is 12.2 Å². The van der Waals surface area contributed by atoms with Crippen LogP contribution in [0.2, 0.25) is 0 Å². The summed E-state index contributed by atoms with van der Waals surface area (Å²) in [5, 5.41) is 22.8. The molecule has 0 bridgehead atoms. The van der Waals surface area contributed by atoms with Gasteiger partial charge in [-0.2, -0.15) is 5.26 Å². The van der Waals surface area contributed by atoms with Gasteiger partial charge in [0.25, 0.3) is 0 Å². The Morgan fingerprint density at radius 1 is 1.62 bits per heavy atom. The minimum Gasteiger partial charge on any atom is -0.376 e. The molecule has 1 N–H and O–H groups in total. The largest absolute Gasteiger partial charge is 0.376 e. The number of hydrogen-bond donors (Lipinski definition) is 1. The number of nitro groups is 1. The van der Waals surface area contributed by atoms with Crippen molar-refractivity contribution in [1.82, 2.24) is 0 Å². The second-order valence-corrected chi connectivity index (χ2v) is 4.03.